The molecule has 5 heteroatoms. The number of carbonyl (C=O) groups excluding carboxylic acids is 2. The monoisotopic (exact) mass is 332 g/mol. The van der Waals surface area contributed by atoms with Crippen molar-refractivity contribution in [2.45, 2.75) is 46.5 Å². The van der Waals surface area contributed by atoms with E-state index in [1.165, 1.54) is 0 Å². The predicted octanol–water partition coefficient (Wildman–Crippen LogP) is 3.44. The molecule has 2 heterocycles. The standard InChI is InChI=1S/C19H28N2O3/c1-4-6-14-15-7-8-17(12(3)22)20-18(15)9-13-10-21(11-16(13)14)19(23)24-5-2/h9,13-16H,4-8,10-11H2,1-3H3/t13-,14?,15?,16-/m1/s1. The molecule has 1 amide bonds. The zero-order valence-electron chi connectivity index (χ0n) is 15.0. The first-order valence-electron chi connectivity index (χ1n) is 9.27. The van der Waals surface area contributed by atoms with Gasteiger partial charge in [-0.3, -0.25) is 9.79 Å². The van der Waals surface area contributed by atoms with Crippen LogP contribution in [0.4, 0.5) is 4.79 Å². The smallest absolute Gasteiger partial charge is 0.409 e. The minimum Gasteiger partial charge on any atom is -0.450 e. The van der Waals surface area contributed by atoms with Crippen molar-refractivity contribution in [3.63, 3.8) is 0 Å². The molecule has 0 saturated carbocycles. The number of rotatable bonds is 4. The SMILES string of the molecule is CCCC1C2CCC(C(C)=O)=NC2=C[C@@H]2CN(C(=O)OCC)C[C@@H]12. The van der Waals surface area contributed by atoms with Crippen LogP contribution in [-0.2, 0) is 9.53 Å². The number of fused-ring (bicyclic) bond motifs is 2. The molecule has 24 heavy (non-hydrogen) atoms. The average Bonchev–Trinajstić information content (AvgIpc) is 2.98. The molecule has 1 fully saturated rings. The highest BCUT2D eigenvalue weighted by Gasteiger charge is 2.46. The molecule has 132 valence electrons. The quantitative estimate of drug-likeness (QED) is 0.792. The summed E-state index contributed by atoms with van der Waals surface area (Å²) in [5, 5.41) is 0. The van der Waals surface area contributed by atoms with Crippen LogP contribution < -0.4 is 0 Å². The van der Waals surface area contributed by atoms with Gasteiger partial charge in [-0.25, -0.2) is 4.79 Å². The van der Waals surface area contributed by atoms with Gasteiger partial charge in [-0.05, 0) is 38.0 Å². The predicted molar refractivity (Wildman–Crippen MR) is 92.9 cm³/mol. The Bertz CT molecular complexity index is 581. The van der Waals surface area contributed by atoms with Gasteiger partial charge < -0.3 is 9.64 Å². The summed E-state index contributed by atoms with van der Waals surface area (Å²) in [6.07, 6.45) is 6.14. The maximum Gasteiger partial charge on any atom is 0.409 e. The number of ether oxygens (including phenoxy) is 1. The fraction of sp³-hybridized carbons (Fsp3) is 0.737. The van der Waals surface area contributed by atoms with Crippen molar-refractivity contribution in [2.75, 3.05) is 19.7 Å². The Hall–Kier alpha value is -1.65. The van der Waals surface area contributed by atoms with Crippen molar-refractivity contribution >= 4 is 17.6 Å². The largest absolute Gasteiger partial charge is 0.450 e. The second-order valence-electron chi connectivity index (χ2n) is 7.24. The van der Waals surface area contributed by atoms with Crippen LogP contribution in [0.5, 0.6) is 0 Å². The Kier molecular flexibility index (Phi) is 5.07. The van der Waals surface area contributed by atoms with Gasteiger partial charge in [0.25, 0.3) is 0 Å². The number of hydrogen-bond acceptors (Lipinski definition) is 4. The zero-order valence-corrected chi connectivity index (χ0v) is 15.0. The molecule has 0 aromatic rings. The van der Waals surface area contributed by atoms with Gasteiger partial charge in [-0.15, -0.1) is 0 Å². The van der Waals surface area contributed by atoms with E-state index in [0.29, 0.717) is 42.5 Å². The lowest BCUT2D eigenvalue weighted by Gasteiger charge is -2.40. The third-order valence-electron chi connectivity index (χ3n) is 5.75. The normalized spacial score (nSPS) is 31.7. The van der Waals surface area contributed by atoms with Gasteiger partial charge in [0, 0.05) is 37.5 Å². The van der Waals surface area contributed by atoms with Crippen LogP contribution in [-0.4, -0.2) is 42.2 Å². The van der Waals surface area contributed by atoms with Gasteiger partial charge in [-0.2, -0.15) is 0 Å². The van der Waals surface area contributed by atoms with E-state index in [0.717, 1.165) is 37.9 Å². The van der Waals surface area contributed by atoms with E-state index in [1.807, 2.05) is 11.8 Å². The van der Waals surface area contributed by atoms with Crippen LogP contribution >= 0.6 is 0 Å². The third kappa shape index (κ3) is 3.13. The highest BCUT2D eigenvalue weighted by Crippen LogP contribution is 2.48. The number of allylic oxidation sites excluding steroid dienone is 1. The molecule has 2 aliphatic heterocycles. The fourth-order valence-electron chi connectivity index (χ4n) is 4.70. The minimum absolute atomic E-state index is 0.0862. The zero-order chi connectivity index (χ0) is 17.3. The van der Waals surface area contributed by atoms with Crippen LogP contribution in [0.15, 0.2) is 16.8 Å². The molecule has 3 rings (SSSR count). The Morgan fingerprint density at radius 3 is 2.79 bits per heavy atom. The number of nitrogens with zero attached hydrogens (tertiary/aromatic N) is 2. The second kappa shape index (κ2) is 7.08. The number of aliphatic imine (C=N–C) groups is 1. The van der Waals surface area contributed by atoms with E-state index in [9.17, 15) is 9.59 Å². The highest BCUT2D eigenvalue weighted by atomic mass is 16.6. The molecule has 2 unspecified atom stereocenters. The molecule has 1 aliphatic carbocycles. The van der Waals surface area contributed by atoms with Gasteiger partial charge in [0.1, 0.15) is 0 Å². The summed E-state index contributed by atoms with van der Waals surface area (Å²) < 4.78 is 5.19. The summed E-state index contributed by atoms with van der Waals surface area (Å²) in [6, 6.07) is 0. The van der Waals surface area contributed by atoms with Crippen LogP contribution in [0.2, 0.25) is 0 Å². The first-order chi connectivity index (χ1) is 11.5. The van der Waals surface area contributed by atoms with Gasteiger partial charge in [-0.1, -0.05) is 19.4 Å². The molecular formula is C19H28N2O3. The maximum atomic E-state index is 12.1. The number of Topliss-reactive ketones (excluding diaryl/α,β-unsaturated/α-hetero) is 1. The number of likely N-dealkylation sites (tertiary alicyclic amines) is 1. The Balaban J connectivity index is 1.86. The van der Waals surface area contributed by atoms with Gasteiger partial charge >= 0.3 is 6.09 Å². The highest BCUT2D eigenvalue weighted by molar-refractivity contribution is 6.39. The van der Waals surface area contributed by atoms with E-state index >= 15 is 0 Å². The summed E-state index contributed by atoms with van der Waals surface area (Å²) in [5.41, 5.74) is 1.81. The second-order valence-corrected chi connectivity index (χ2v) is 7.24. The van der Waals surface area contributed by atoms with E-state index in [-0.39, 0.29) is 11.9 Å². The molecular weight excluding hydrogens is 304 g/mol. The van der Waals surface area contributed by atoms with Crippen LogP contribution in [0.3, 0.4) is 0 Å². The van der Waals surface area contributed by atoms with E-state index in [4.69, 9.17) is 9.73 Å². The Morgan fingerprint density at radius 2 is 2.12 bits per heavy atom. The third-order valence-corrected chi connectivity index (χ3v) is 5.75. The van der Waals surface area contributed by atoms with Crippen molar-refractivity contribution < 1.29 is 14.3 Å². The molecule has 5 nitrogen and oxygen atoms in total. The summed E-state index contributed by atoms with van der Waals surface area (Å²) >= 11 is 0. The number of ketones is 1. The Morgan fingerprint density at radius 1 is 1.33 bits per heavy atom. The van der Waals surface area contributed by atoms with Crippen molar-refractivity contribution in [3.8, 4) is 0 Å². The van der Waals surface area contributed by atoms with Crippen molar-refractivity contribution in [1.29, 1.82) is 0 Å². The molecule has 0 radical (unpaired) electrons. The number of carbonyl (C=O) groups is 2. The molecule has 3 aliphatic rings. The molecule has 4 atom stereocenters. The molecule has 0 N–H and O–H groups in total. The fourth-order valence-corrected chi connectivity index (χ4v) is 4.70. The lowest BCUT2D eigenvalue weighted by molar-refractivity contribution is -0.111. The molecule has 0 aromatic heterocycles. The summed E-state index contributed by atoms with van der Waals surface area (Å²) in [5.74, 6) is 1.92. The maximum absolute atomic E-state index is 12.1. The first-order valence-corrected chi connectivity index (χ1v) is 9.27. The van der Waals surface area contributed by atoms with Crippen LogP contribution in [0.25, 0.3) is 0 Å². The Labute approximate surface area is 144 Å². The lowest BCUT2D eigenvalue weighted by atomic mass is 9.66. The van der Waals surface area contributed by atoms with Gasteiger partial charge in [0.2, 0.25) is 0 Å². The lowest BCUT2D eigenvalue weighted by Crippen LogP contribution is -2.36. The van der Waals surface area contributed by atoms with E-state index < -0.39 is 0 Å². The van der Waals surface area contributed by atoms with Crippen molar-refractivity contribution in [3.05, 3.63) is 11.8 Å². The molecule has 0 aromatic carbocycles. The van der Waals surface area contributed by atoms with E-state index in [2.05, 4.69) is 13.0 Å². The minimum atomic E-state index is -0.198. The van der Waals surface area contributed by atoms with Crippen LogP contribution in [0.1, 0.15) is 46.5 Å². The summed E-state index contributed by atoms with van der Waals surface area (Å²) in [4.78, 5) is 30.4. The molecule has 1 saturated heterocycles. The van der Waals surface area contributed by atoms with E-state index in [1.54, 1.807) is 6.92 Å². The number of hydrogen-bond donors (Lipinski definition) is 0. The van der Waals surface area contributed by atoms with Crippen LogP contribution in [0, 0.1) is 23.7 Å². The van der Waals surface area contributed by atoms with Gasteiger partial charge in [0.15, 0.2) is 5.78 Å². The van der Waals surface area contributed by atoms with Gasteiger partial charge in [0.05, 0.1) is 12.3 Å². The molecule has 0 spiro atoms. The average molecular weight is 332 g/mol. The number of amides is 1. The van der Waals surface area contributed by atoms with Crippen molar-refractivity contribution in [2.24, 2.45) is 28.7 Å². The van der Waals surface area contributed by atoms with Crippen molar-refractivity contribution in [1.82, 2.24) is 4.90 Å². The summed E-state index contributed by atoms with van der Waals surface area (Å²) in [6.45, 7) is 7.59. The molecule has 0 bridgehead atoms. The topological polar surface area (TPSA) is 59.0 Å². The summed E-state index contributed by atoms with van der Waals surface area (Å²) in [7, 11) is 0. The first kappa shape index (κ1) is 17.2.